The molecule has 3 rings (SSSR count). The molecule has 0 saturated heterocycles. The van der Waals surface area contributed by atoms with Crippen LogP contribution in [0.3, 0.4) is 0 Å². The lowest BCUT2D eigenvalue weighted by Gasteiger charge is -2.19. The van der Waals surface area contributed by atoms with Gasteiger partial charge in [0.2, 0.25) is 15.0 Å². The Morgan fingerprint density at radius 1 is 1.28 bits per heavy atom. The molecule has 8 heteroatoms. The summed E-state index contributed by atoms with van der Waals surface area (Å²) in [5.74, 6) is 0. The van der Waals surface area contributed by atoms with Crippen LogP contribution in [0.4, 0.5) is 0 Å². The molecule has 1 aromatic carbocycles. The van der Waals surface area contributed by atoms with Crippen molar-refractivity contribution in [2.24, 2.45) is 0 Å². The third kappa shape index (κ3) is 5.60. The molecule has 0 atom stereocenters. The Hall–Kier alpha value is -1.41. The largest absolute Gasteiger partial charge is 0.385 e. The molecule has 0 amide bonds. The molecule has 0 spiro atoms. The summed E-state index contributed by atoms with van der Waals surface area (Å²) in [6.45, 7) is 2.48. The van der Waals surface area contributed by atoms with Crippen LogP contribution in [0.15, 0.2) is 35.6 Å². The smallest absolute Gasteiger partial charge is 0.228 e. The molecule has 1 saturated carbocycles. The highest BCUT2D eigenvalue weighted by molar-refractivity contribution is 7.91. The molecule has 1 fully saturated rings. The second kappa shape index (κ2) is 10.1. The van der Waals surface area contributed by atoms with Gasteiger partial charge in [-0.3, -0.25) is 4.90 Å². The highest BCUT2D eigenvalue weighted by atomic mass is 35.5. The molecular formula is C21H30ClN3O3S. The Balaban J connectivity index is 1.80. The maximum atomic E-state index is 13.2. The molecule has 0 unspecified atom stereocenters. The van der Waals surface area contributed by atoms with Crippen LogP contribution in [-0.2, 0) is 34.2 Å². The van der Waals surface area contributed by atoms with Gasteiger partial charge in [0.05, 0.1) is 17.1 Å². The second-order valence-electron chi connectivity index (χ2n) is 7.78. The van der Waals surface area contributed by atoms with Crippen LogP contribution in [0.25, 0.3) is 0 Å². The third-order valence-electron chi connectivity index (χ3n) is 5.40. The minimum Gasteiger partial charge on any atom is -0.385 e. The average Bonchev–Trinajstić information content (AvgIpc) is 3.33. The van der Waals surface area contributed by atoms with Crippen LogP contribution in [0.1, 0.15) is 43.4 Å². The summed E-state index contributed by atoms with van der Waals surface area (Å²) < 4.78 is 33.4. The fourth-order valence-electron chi connectivity index (χ4n) is 3.98. The number of rotatable bonds is 10. The third-order valence-corrected chi connectivity index (χ3v) is 7.82. The summed E-state index contributed by atoms with van der Waals surface area (Å²) in [6.07, 6.45) is 5.87. The number of nitrogens with zero attached hydrogens (tertiary/aromatic N) is 3. The molecule has 29 heavy (non-hydrogen) atoms. The van der Waals surface area contributed by atoms with E-state index in [0.717, 1.165) is 43.4 Å². The number of ether oxygens (including phenoxy) is 1. The van der Waals surface area contributed by atoms with Gasteiger partial charge in [-0.2, -0.15) is 0 Å². The van der Waals surface area contributed by atoms with Crippen molar-refractivity contribution in [1.82, 2.24) is 14.5 Å². The zero-order valence-corrected chi connectivity index (χ0v) is 18.8. The second-order valence-corrected chi connectivity index (χ2v) is 10.3. The van der Waals surface area contributed by atoms with E-state index in [9.17, 15) is 8.42 Å². The van der Waals surface area contributed by atoms with Crippen molar-refractivity contribution in [3.05, 3.63) is 46.7 Å². The number of sulfone groups is 1. The predicted molar refractivity (Wildman–Crippen MR) is 115 cm³/mol. The molecule has 160 valence electrons. The number of benzene rings is 1. The standard InChI is InChI=1S/C21H30ClN3O3S/c1-24(15-17-7-5-8-18(22)13-17)16-19-14-23-21(25(19)11-6-12-28-2)29(26,27)20-9-3-4-10-20/h5,7-8,13-14,20H,3-4,6,9-12,15-16H2,1-2H3. The maximum absolute atomic E-state index is 13.2. The SMILES string of the molecule is COCCCn1c(CN(C)Cc2cccc(Cl)c2)cnc1S(=O)(=O)C1CCCC1. The van der Waals surface area contributed by atoms with Crippen molar-refractivity contribution in [3.63, 3.8) is 0 Å². The van der Waals surface area contributed by atoms with Crippen LogP contribution in [0.2, 0.25) is 5.02 Å². The van der Waals surface area contributed by atoms with Crippen LogP contribution in [0, 0.1) is 0 Å². The summed E-state index contributed by atoms with van der Waals surface area (Å²) in [6, 6.07) is 7.78. The van der Waals surface area contributed by atoms with Crippen molar-refractivity contribution in [2.45, 2.75) is 62.1 Å². The van der Waals surface area contributed by atoms with E-state index in [-0.39, 0.29) is 10.4 Å². The normalized spacial score (nSPS) is 15.4. The minimum absolute atomic E-state index is 0.214. The fraction of sp³-hybridized carbons (Fsp3) is 0.571. The van der Waals surface area contributed by atoms with Crippen LogP contribution in [0.5, 0.6) is 0 Å². The Kier molecular flexibility index (Phi) is 7.73. The molecular weight excluding hydrogens is 410 g/mol. The lowest BCUT2D eigenvalue weighted by atomic mass is 10.2. The lowest BCUT2D eigenvalue weighted by Crippen LogP contribution is -2.25. The van der Waals surface area contributed by atoms with E-state index in [1.807, 2.05) is 35.9 Å². The van der Waals surface area contributed by atoms with E-state index in [4.69, 9.17) is 16.3 Å². The van der Waals surface area contributed by atoms with Crippen LogP contribution >= 0.6 is 11.6 Å². The van der Waals surface area contributed by atoms with Gasteiger partial charge in [-0.1, -0.05) is 36.6 Å². The van der Waals surface area contributed by atoms with Gasteiger partial charge in [-0.15, -0.1) is 0 Å². The van der Waals surface area contributed by atoms with Gasteiger partial charge in [-0.25, -0.2) is 13.4 Å². The highest BCUT2D eigenvalue weighted by Crippen LogP contribution is 2.30. The zero-order chi connectivity index (χ0) is 20.9. The molecule has 0 aliphatic heterocycles. The first-order valence-electron chi connectivity index (χ1n) is 10.1. The number of imidazole rings is 1. The minimum atomic E-state index is -3.41. The van der Waals surface area contributed by atoms with E-state index in [0.29, 0.717) is 31.3 Å². The highest BCUT2D eigenvalue weighted by Gasteiger charge is 2.34. The van der Waals surface area contributed by atoms with Gasteiger partial charge < -0.3 is 9.30 Å². The Labute approximate surface area is 178 Å². The van der Waals surface area contributed by atoms with Crippen molar-refractivity contribution >= 4 is 21.4 Å². The molecule has 0 radical (unpaired) electrons. The van der Waals surface area contributed by atoms with Gasteiger partial charge in [0.15, 0.2) is 0 Å². The summed E-state index contributed by atoms with van der Waals surface area (Å²) >= 11 is 6.09. The van der Waals surface area contributed by atoms with Gasteiger partial charge in [0.1, 0.15) is 0 Å². The van der Waals surface area contributed by atoms with Gasteiger partial charge in [-0.05, 0) is 44.0 Å². The fourth-order valence-corrected chi connectivity index (χ4v) is 6.16. The molecule has 1 aromatic heterocycles. The summed E-state index contributed by atoms with van der Waals surface area (Å²) in [5, 5.41) is 0.625. The molecule has 1 heterocycles. The average molecular weight is 440 g/mol. The zero-order valence-electron chi connectivity index (χ0n) is 17.2. The molecule has 2 aromatic rings. The molecule has 0 N–H and O–H groups in total. The van der Waals surface area contributed by atoms with E-state index in [1.165, 1.54) is 0 Å². The Morgan fingerprint density at radius 3 is 2.72 bits per heavy atom. The number of methoxy groups -OCH3 is 1. The molecule has 6 nitrogen and oxygen atoms in total. The Morgan fingerprint density at radius 2 is 2.03 bits per heavy atom. The Bertz CT molecular complexity index is 908. The van der Waals surface area contributed by atoms with E-state index < -0.39 is 9.84 Å². The first kappa shape index (κ1) is 22.3. The number of hydrogen-bond donors (Lipinski definition) is 0. The van der Waals surface area contributed by atoms with Crippen molar-refractivity contribution < 1.29 is 13.2 Å². The first-order valence-corrected chi connectivity index (χ1v) is 12.0. The van der Waals surface area contributed by atoms with Crippen molar-refractivity contribution in [3.8, 4) is 0 Å². The van der Waals surface area contributed by atoms with Crippen molar-refractivity contribution in [2.75, 3.05) is 20.8 Å². The molecule has 1 aliphatic carbocycles. The predicted octanol–water partition coefficient (Wildman–Crippen LogP) is 3.92. The van der Waals surface area contributed by atoms with Crippen LogP contribution < -0.4 is 0 Å². The lowest BCUT2D eigenvalue weighted by molar-refractivity contribution is 0.188. The topological polar surface area (TPSA) is 64.4 Å². The van der Waals surface area contributed by atoms with Gasteiger partial charge >= 0.3 is 0 Å². The van der Waals surface area contributed by atoms with Gasteiger partial charge in [0, 0.05) is 38.4 Å². The maximum Gasteiger partial charge on any atom is 0.228 e. The molecule has 1 aliphatic rings. The number of aromatic nitrogens is 2. The number of hydrogen-bond acceptors (Lipinski definition) is 5. The van der Waals surface area contributed by atoms with Crippen LogP contribution in [-0.4, -0.2) is 48.9 Å². The summed E-state index contributed by atoms with van der Waals surface area (Å²) in [4.78, 5) is 6.51. The van der Waals surface area contributed by atoms with Gasteiger partial charge in [0.25, 0.3) is 0 Å². The van der Waals surface area contributed by atoms with E-state index >= 15 is 0 Å². The summed E-state index contributed by atoms with van der Waals surface area (Å²) in [5.41, 5.74) is 2.02. The number of halogens is 1. The summed E-state index contributed by atoms with van der Waals surface area (Å²) in [7, 11) is 0.258. The first-order chi connectivity index (χ1) is 13.9. The van der Waals surface area contributed by atoms with E-state index in [1.54, 1.807) is 13.3 Å². The monoisotopic (exact) mass is 439 g/mol. The van der Waals surface area contributed by atoms with E-state index in [2.05, 4.69) is 9.88 Å². The molecule has 0 bridgehead atoms. The quantitative estimate of drug-likeness (QED) is 0.525. The van der Waals surface area contributed by atoms with Crippen molar-refractivity contribution in [1.29, 1.82) is 0 Å².